The molecule has 0 aliphatic carbocycles. The fourth-order valence-corrected chi connectivity index (χ4v) is 2.44. The molecule has 0 spiro atoms. The number of hydrogen-bond donors (Lipinski definition) is 1. The quantitative estimate of drug-likeness (QED) is 0.718. The summed E-state index contributed by atoms with van der Waals surface area (Å²) < 4.78 is 0. The number of carbonyl (C=O) groups excluding carboxylic acids is 1. The third kappa shape index (κ3) is 4.03. The zero-order valence-electron chi connectivity index (χ0n) is 10.7. The second-order valence-corrected chi connectivity index (χ2v) is 5.04. The Bertz CT molecular complexity index is 234. The molecule has 0 aromatic rings. The van der Waals surface area contributed by atoms with Crippen molar-refractivity contribution in [1.82, 2.24) is 15.1 Å². The first kappa shape index (κ1) is 14.6. The molecule has 2 saturated heterocycles. The molecule has 0 atom stereocenters. The van der Waals surface area contributed by atoms with Crippen LogP contribution in [0.2, 0.25) is 0 Å². The first-order chi connectivity index (χ1) is 7.77. The van der Waals surface area contributed by atoms with E-state index in [-0.39, 0.29) is 18.4 Å². The molecule has 17 heavy (non-hydrogen) atoms. The summed E-state index contributed by atoms with van der Waals surface area (Å²) >= 11 is 0. The van der Waals surface area contributed by atoms with E-state index in [1.54, 1.807) is 0 Å². The number of piperidine rings is 1. The lowest BCUT2D eigenvalue weighted by Crippen LogP contribution is -2.47. The number of likely N-dealkylation sites (tertiary alicyclic amines) is 1. The third-order valence-electron chi connectivity index (χ3n) is 3.66. The van der Waals surface area contributed by atoms with E-state index in [4.69, 9.17) is 0 Å². The van der Waals surface area contributed by atoms with Crippen LogP contribution in [0.15, 0.2) is 0 Å². The number of amides is 2. The highest BCUT2D eigenvalue weighted by Crippen LogP contribution is 2.17. The molecule has 0 unspecified atom stereocenters. The van der Waals surface area contributed by atoms with Crippen LogP contribution in [0.5, 0.6) is 0 Å². The Morgan fingerprint density at radius 2 is 1.71 bits per heavy atom. The van der Waals surface area contributed by atoms with Gasteiger partial charge < -0.3 is 15.1 Å². The fourth-order valence-electron chi connectivity index (χ4n) is 2.44. The molecule has 0 bridgehead atoms. The van der Waals surface area contributed by atoms with Gasteiger partial charge in [0, 0.05) is 32.7 Å². The number of nitrogens with zero attached hydrogens (tertiary/aromatic N) is 2. The Morgan fingerprint density at radius 3 is 2.41 bits per heavy atom. The molecule has 2 rings (SSSR count). The van der Waals surface area contributed by atoms with Crippen LogP contribution in [-0.2, 0) is 0 Å². The molecule has 2 heterocycles. The van der Waals surface area contributed by atoms with Crippen LogP contribution in [0.1, 0.15) is 26.2 Å². The van der Waals surface area contributed by atoms with Gasteiger partial charge in [-0.2, -0.15) is 0 Å². The first-order valence-electron chi connectivity index (χ1n) is 6.52. The minimum Gasteiger partial charge on any atom is -0.325 e. The minimum atomic E-state index is 0. The van der Waals surface area contributed by atoms with Crippen LogP contribution in [0.25, 0.3) is 0 Å². The standard InChI is InChI=1S/C12H23N3O.ClH/c1-11-3-8-15(9-4-11)12(16)14-7-2-5-13-6-10-14;/h11,13H,2-10H2,1H3;1H. The van der Waals surface area contributed by atoms with Crippen molar-refractivity contribution in [3.8, 4) is 0 Å². The van der Waals surface area contributed by atoms with Crippen LogP contribution >= 0.6 is 12.4 Å². The van der Waals surface area contributed by atoms with Gasteiger partial charge >= 0.3 is 6.03 Å². The van der Waals surface area contributed by atoms with Gasteiger partial charge in [-0.05, 0) is 31.7 Å². The smallest absolute Gasteiger partial charge is 0.320 e. The zero-order valence-corrected chi connectivity index (χ0v) is 11.5. The predicted octanol–water partition coefficient (Wildman–Crippen LogP) is 1.56. The van der Waals surface area contributed by atoms with Gasteiger partial charge in [0.2, 0.25) is 0 Å². The second-order valence-electron chi connectivity index (χ2n) is 5.04. The lowest BCUT2D eigenvalue weighted by atomic mass is 9.99. The number of nitrogens with one attached hydrogen (secondary N) is 1. The van der Waals surface area contributed by atoms with Crippen LogP contribution in [0.4, 0.5) is 4.79 Å². The molecule has 0 aromatic heterocycles. The average molecular weight is 262 g/mol. The van der Waals surface area contributed by atoms with Crippen molar-refractivity contribution in [3.63, 3.8) is 0 Å². The summed E-state index contributed by atoms with van der Waals surface area (Å²) in [7, 11) is 0. The molecular weight excluding hydrogens is 238 g/mol. The molecule has 2 aliphatic heterocycles. The Labute approximate surface area is 110 Å². The molecule has 2 aliphatic rings. The lowest BCUT2D eigenvalue weighted by Gasteiger charge is -2.34. The third-order valence-corrected chi connectivity index (χ3v) is 3.66. The summed E-state index contributed by atoms with van der Waals surface area (Å²) in [6, 6.07) is 0.260. The summed E-state index contributed by atoms with van der Waals surface area (Å²) in [6.07, 6.45) is 3.41. The monoisotopic (exact) mass is 261 g/mol. The predicted molar refractivity (Wildman–Crippen MR) is 71.7 cm³/mol. The SMILES string of the molecule is CC1CCN(C(=O)N2CCCNCC2)CC1.Cl. The highest BCUT2D eigenvalue weighted by Gasteiger charge is 2.24. The topological polar surface area (TPSA) is 35.6 Å². The van der Waals surface area contributed by atoms with Crippen molar-refractivity contribution < 1.29 is 4.79 Å². The van der Waals surface area contributed by atoms with Crippen LogP contribution < -0.4 is 5.32 Å². The molecule has 100 valence electrons. The maximum absolute atomic E-state index is 12.2. The number of hydrogen-bond acceptors (Lipinski definition) is 2. The van der Waals surface area contributed by atoms with Crippen LogP contribution in [0.3, 0.4) is 0 Å². The van der Waals surface area contributed by atoms with Crippen molar-refractivity contribution in [2.24, 2.45) is 5.92 Å². The maximum atomic E-state index is 12.2. The second kappa shape index (κ2) is 7.07. The Hall–Kier alpha value is -0.480. The molecular formula is C12H24ClN3O. The van der Waals surface area contributed by atoms with E-state index in [9.17, 15) is 4.79 Å². The largest absolute Gasteiger partial charge is 0.325 e. The van der Waals surface area contributed by atoms with Gasteiger partial charge in [0.25, 0.3) is 0 Å². The minimum absolute atomic E-state index is 0. The van der Waals surface area contributed by atoms with Gasteiger partial charge in [0.15, 0.2) is 0 Å². The first-order valence-corrected chi connectivity index (χ1v) is 6.52. The van der Waals surface area contributed by atoms with E-state index in [0.29, 0.717) is 0 Å². The van der Waals surface area contributed by atoms with Gasteiger partial charge in [-0.1, -0.05) is 6.92 Å². The van der Waals surface area contributed by atoms with Gasteiger partial charge in [0.05, 0.1) is 0 Å². The average Bonchev–Trinajstić information content (AvgIpc) is 2.57. The normalized spacial score (nSPS) is 22.9. The van der Waals surface area contributed by atoms with Gasteiger partial charge in [-0.3, -0.25) is 0 Å². The summed E-state index contributed by atoms with van der Waals surface area (Å²) in [5, 5.41) is 3.33. The van der Waals surface area contributed by atoms with E-state index in [0.717, 1.165) is 64.4 Å². The fraction of sp³-hybridized carbons (Fsp3) is 0.917. The van der Waals surface area contributed by atoms with E-state index in [1.807, 2.05) is 9.80 Å². The molecule has 1 N–H and O–H groups in total. The molecule has 2 amide bonds. The van der Waals surface area contributed by atoms with Crippen molar-refractivity contribution in [1.29, 1.82) is 0 Å². The Kier molecular flexibility index (Phi) is 6.06. The van der Waals surface area contributed by atoms with Gasteiger partial charge in [-0.25, -0.2) is 4.79 Å². The molecule has 4 nitrogen and oxygen atoms in total. The van der Waals surface area contributed by atoms with E-state index < -0.39 is 0 Å². The summed E-state index contributed by atoms with van der Waals surface area (Å²) in [5.41, 5.74) is 0. The Morgan fingerprint density at radius 1 is 1.06 bits per heavy atom. The summed E-state index contributed by atoms with van der Waals surface area (Å²) in [6.45, 7) is 7.94. The number of halogens is 1. The van der Waals surface area contributed by atoms with Gasteiger partial charge in [-0.15, -0.1) is 12.4 Å². The van der Waals surface area contributed by atoms with Crippen molar-refractivity contribution in [2.45, 2.75) is 26.2 Å². The van der Waals surface area contributed by atoms with Crippen molar-refractivity contribution in [3.05, 3.63) is 0 Å². The number of urea groups is 1. The molecule has 0 radical (unpaired) electrons. The number of carbonyl (C=O) groups is 1. The van der Waals surface area contributed by atoms with Crippen LogP contribution in [-0.4, -0.2) is 55.1 Å². The number of rotatable bonds is 0. The van der Waals surface area contributed by atoms with E-state index in [1.165, 1.54) is 0 Å². The lowest BCUT2D eigenvalue weighted by molar-refractivity contribution is 0.137. The van der Waals surface area contributed by atoms with Crippen molar-refractivity contribution >= 4 is 18.4 Å². The highest BCUT2D eigenvalue weighted by molar-refractivity contribution is 5.85. The maximum Gasteiger partial charge on any atom is 0.320 e. The Balaban J connectivity index is 0.00000144. The summed E-state index contributed by atoms with van der Waals surface area (Å²) in [5.74, 6) is 0.787. The molecule has 0 saturated carbocycles. The highest BCUT2D eigenvalue weighted by atomic mass is 35.5. The molecule has 0 aromatic carbocycles. The van der Waals surface area contributed by atoms with Crippen molar-refractivity contribution in [2.75, 3.05) is 39.3 Å². The van der Waals surface area contributed by atoms with E-state index >= 15 is 0 Å². The summed E-state index contributed by atoms with van der Waals surface area (Å²) in [4.78, 5) is 16.3. The van der Waals surface area contributed by atoms with E-state index in [2.05, 4.69) is 12.2 Å². The molecule has 5 heteroatoms. The van der Waals surface area contributed by atoms with Crippen LogP contribution in [0, 0.1) is 5.92 Å². The molecule has 2 fully saturated rings. The zero-order chi connectivity index (χ0) is 11.4. The van der Waals surface area contributed by atoms with Gasteiger partial charge in [0.1, 0.15) is 0 Å².